The topological polar surface area (TPSA) is 83.7 Å². The average Bonchev–Trinajstić information content (AvgIpc) is 2.26. The van der Waals surface area contributed by atoms with Gasteiger partial charge in [-0.1, -0.05) is 0 Å². The van der Waals surface area contributed by atoms with Crippen LogP contribution in [-0.2, 0) is 13.0 Å². The summed E-state index contributed by atoms with van der Waals surface area (Å²) < 4.78 is 0. The summed E-state index contributed by atoms with van der Waals surface area (Å²) >= 11 is 0. The molecule has 0 atom stereocenters. The molecule has 1 heterocycles. The van der Waals surface area contributed by atoms with Gasteiger partial charge in [0.05, 0.1) is 4.92 Å². The van der Waals surface area contributed by atoms with Crippen LogP contribution in [0.4, 0.5) is 5.69 Å². The highest BCUT2D eigenvalue weighted by Crippen LogP contribution is 2.27. The highest BCUT2D eigenvalue weighted by atomic mass is 16.6. The Kier molecular flexibility index (Phi) is 2.81. The Balaban J connectivity index is 2.56. The quantitative estimate of drug-likeness (QED) is 0.617. The van der Waals surface area contributed by atoms with E-state index >= 15 is 0 Å². The maximum Gasteiger partial charge on any atom is 0.342 e. The van der Waals surface area contributed by atoms with Crippen molar-refractivity contribution in [2.75, 3.05) is 13.6 Å². The van der Waals surface area contributed by atoms with Gasteiger partial charge in [-0.15, -0.1) is 0 Å². The van der Waals surface area contributed by atoms with E-state index in [1.54, 1.807) is 0 Å². The summed E-state index contributed by atoms with van der Waals surface area (Å²) in [5.74, 6) is -1.25. The number of nitrogens with zero attached hydrogens (tertiary/aromatic N) is 2. The van der Waals surface area contributed by atoms with Gasteiger partial charge in [0.2, 0.25) is 0 Å². The first kappa shape index (κ1) is 11.5. The Morgan fingerprint density at radius 2 is 2.18 bits per heavy atom. The zero-order valence-electron chi connectivity index (χ0n) is 9.34. The van der Waals surface area contributed by atoms with E-state index in [1.807, 2.05) is 11.9 Å². The highest BCUT2D eigenvalue weighted by molar-refractivity contribution is 5.92. The lowest BCUT2D eigenvalue weighted by Crippen LogP contribution is -2.27. The van der Waals surface area contributed by atoms with E-state index in [4.69, 9.17) is 5.11 Å². The molecule has 0 fully saturated rings. The molecule has 2 rings (SSSR count). The molecule has 90 valence electrons. The van der Waals surface area contributed by atoms with Crippen LogP contribution in [0.15, 0.2) is 12.1 Å². The van der Waals surface area contributed by atoms with E-state index in [-0.39, 0.29) is 11.3 Å². The molecule has 0 radical (unpaired) electrons. The number of carboxylic acids is 1. The van der Waals surface area contributed by atoms with Crippen molar-refractivity contribution in [3.05, 3.63) is 38.9 Å². The minimum atomic E-state index is -1.25. The maximum atomic E-state index is 11.0. The zero-order valence-corrected chi connectivity index (χ0v) is 9.34. The molecule has 0 saturated carbocycles. The smallest absolute Gasteiger partial charge is 0.342 e. The van der Waals surface area contributed by atoms with Crippen molar-refractivity contribution in [2.24, 2.45) is 0 Å². The minimum absolute atomic E-state index is 0.224. The lowest BCUT2D eigenvalue weighted by atomic mass is 9.96. The summed E-state index contributed by atoms with van der Waals surface area (Å²) in [7, 11) is 1.93. The highest BCUT2D eigenvalue weighted by Gasteiger charge is 2.24. The molecule has 0 spiro atoms. The number of nitro benzene ring substituents is 1. The molecule has 0 unspecified atom stereocenters. The van der Waals surface area contributed by atoms with Crippen LogP contribution >= 0.6 is 0 Å². The van der Waals surface area contributed by atoms with Crippen LogP contribution in [0.5, 0.6) is 0 Å². The number of likely N-dealkylation sites (N-methyl/N-ethyl adjacent to an activating group) is 1. The fourth-order valence-electron chi connectivity index (χ4n) is 2.06. The predicted molar refractivity (Wildman–Crippen MR) is 60.1 cm³/mol. The van der Waals surface area contributed by atoms with Crippen molar-refractivity contribution >= 4 is 11.7 Å². The Morgan fingerprint density at radius 1 is 1.47 bits per heavy atom. The molecule has 1 aromatic carbocycles. The first-order valence-corrected chi connectivity index (χ1v) is 5.21. The van der Waals surface area contributed by atoms with Crippen molar-refractivity contribution in [1.29, 1.82) is 0 Å². The second-order valence-electron chi connectivity index (χ2n) is 4.19. The molecule has 6 heteroatoms. The number of nitro groups is 1. The van der Waals surface area contributed by atoms with E-state index in [9.17, 15) is 14.9 Å². The Labute approximate surface area is 97.6 Å². The Bertz CT molecular complexity index is 498. The summed E-state index contributed by atoms with van der Waals surface area (Å²) in [5.41, 5.74) is 1.19. The first-order chi connectivity index (χ1) is 7.99. The standard InChI is InChI=1S/C11H12N2O4/c1-12-3-2-7-4-9(11(14)15)10(13(16)17)5-8(7)6-12/h4-5H,2-3,6H2,1H3,(H,14,15). The summed E-state index contributed by atoms with van der Waals surface area (Å²) in [4.78, 5) is 23.2. The lowest BCUT2D eigenvalue weighted by Gasteiger charge is -2.24. The van der Waals surface area contributed by atoms with Crippen molar-refractivity contribution < 1.29 is 14.8 Å². The van der Waals surface area contributed by atoms with E-state index in [1.165, 1.54) is 12.1 Å². The number of benzene rings is 1. The van der Waals surface area contributed by atoms with Gasteiger partial charge in [-0.25, -0.2) is 4.79 Å². The van der Waals surface area contributed by atoms with Crippen molar-refractivity contribution in [1.82, 2.24) is 4.90 Å². The minimum Gasteiger partial charge on any atom is -0.477 e. The van der Waals surface area contributed by atoms with Gasteiger partial charge >= 0.3 is 5.97 Å². The van der Waals surface area contributed by atoms with Gasteiger partial charge in [-0.3, -0.25) is 10.1 Å². The number of carboxylic acid groups (broad SMARTS) is 1. The van der Waals surface area contributed by atoms with Crippen LogP contribution in [0.1, 0.15) is 21.5 Å². The molecule has 1 N–H and O–H groups in total. The Morgan fingerprint density at radius 3 is 2.76 bits per heavy atom. The Hall–Kier alpha value is -1.95. The van der Waals surface area contributed by atoms with Gasteiger partial charge in [-0.05, 0) is 30.7 Å². The van der Waals surface area contributed by atoms with Gasteiger partial charge in [-0.2, -0.15) is 0 Å². The van der Waals surface area contributed by atoms with E-state index in [0.29, 0.717) is 6.54 Å². The number of aromatic carboxylic acids is 1. The van der Waals surface area contributed by atoms with E-state index < -0.39 is 10.9 Å². The number of carbonyl (C=O) groups is 1. The van der Waals surface area contributed by atoms with Gasteiger partial charge < -0.3 is 10.0 Å². The summed E-state index contributed by atoms with van der Waals surface area (Å²) in [5, 5.41) is 19.8. The third-order valence-electron chi connectivity index (χ3n) is 2.95. The SMILES string of the molecule is CN1CCc2cc(C(=O)O)c([N+](=O)[O-])cc2C1. The first-order valence-electron chi connectivity index (χ1n) is 5.21. The molecule has 0 aliphatic carbocycles. The monoisotopic (exact) mass is 236 g/mol. The van der Waals surface area contributed by atoms with Gasteiger partial charge in [0.25, 0.3) is 5.69 Å². The second-order valence-corrected chi connectivity index (χ2v) is 4.19. The fourth-order valence-corrected chi connectivity index (χ4v) is 2.06. The van der Waals surface area contributed by atoms with Gasteiger partial charge in [0.15, 0.2) is 0 Å². The van der Waals surface area contributed by atoms with Gasteiger partial charge in [0, 0.05) is 19.2 Å². The molecule has 0 saturated heterocycles. The third kappa shape index (κ3) is 2.12. The third-order valence-corrected chi connectivity index (χ3v) is 2.95. The average molecular weight is 236 g/mol. The molecule has 0 amide bonds. The molecule has 1 aliphatic rings. The van der Waals surface area contributed by atoms with Gasteiger partial charge in [0.1, 0.15) is 5.56 Å². The maximum absolute atomic E-state index is 11.0. The van der Waals surface area contributed by atoms with Crippen molar-refractivity contribution in [2.45, 2.75) is 13.0 Å². The van der Waals surface area contributed by atoms with Crippen LogP contribution in [0, 0.1) is 10.1 Å². The largest absolute Gasteiger partial charge is 0.477 e. The van der Waals surface area contributed by atoms with Crippen molar-refractivity contribution in [3.8, 4) is 0 Å². The number of hydrogen-bond donors (Lipinski definition) is 1. The van der Waals surface area contributed by atoms with E-state index in [2.05, 4.69) is 0 Å². The molecule has 17 heavy (non-hydrogen) atoms. The number of hydrogen-bond acceptors (Lipinski definition) is 4. The summed E-state index contributed by atoms with van der Waals surface area (Å²) in [6, 6.07) is 2.82. The molecule has 1 aliphatic heterocycles. The van der Waals surface area contributed by atoms with Crippen LogP contribution in [0.2, 0.25) is 0 Å². The van der Waals surface area contributed by atoms with Crippen LogP contribution in [-0.4, -0.2) is 34.5 Å². The number of fused-ring (bicyclic) bond motifs is 1. The van der Waals surface area contributed by atoms with Crippen LogP contribution in [0.25, 0.3) is 0 Å². The molecular weight excluding hydrogens is 224 g/mol. The molecular formula is C11H12N2O4. The van der Waals surface area contributed by atoms with E-state index in [0.717, 1.165) is 24.1 Å². The molecule has 0 aromatic heterocycles. The molecule has 6 nitrogen and oxygen atoms in total. The lowest BCUT2D eigenvalue weighted by molar-refractivity contribution is -0.385. The molecule has 0 bridgehead atoms. The van der Waals surface area contributed by atoms with Crippen molar-refractivity contribution in [3.63, 3.8) is 0 Å². The summed E-state index contributed by atoms with van der Waals surface area (Å²) in [6.07, 6.45) is 0.726. The molecule has 1 aromatic rings. The second kappa shape index (κ2) is 4.14. The van der Waals surface area contributed by atoms with Crippen LogP contribution in [0.3, 0.4) is 0 Å². The van der Waals surface area contributed by atoms with Crippen LogP contribution < -0.4 is 0 Å². The number of rotatable bonds is 2. The normalized spacial score (nSPS) is 15.4. The predicted octanol–water partition coefficient (Wildman–Crippen LogP) is 1.28. The summed E-state index contributed by atoms with van der Waals surface area (Å²) in [6.45, 7) is 1.46. The zero-order chi connectivity index (χ0) is 12.6. The fraction of sp³-hybridized carbons (Fsp3) is 0.364.